The van der Waals surface area contributed by atoms with Crippen LogP contribution >= 0.6 is 0 Å². The van der Waals surface area contributed by atoms with Gasteiger partial charge in [0.15, 0.2) is 0 Å². The molecule has 3 rings (SSSR count). The number of rotatable bonds is 6. The van der Waals surface area contributed by atoms with Crippen LogP contribution in [0.3, 0.4) is 0 Å². The average Bonchev–Trinajstić information content (AvgIpc) is 2.95. The van der Waals surface area contributed by atoms with E-state index in [-0.39, 0.29) is 0 Å². The summed E-state index contributed by atoms with van der Waals surface area (Å²) in [7, 11) is 0. The largest absolute Gasteiger partial charge is 0.346 e. The first-order valence-corrected chi connectivity index (χ1v) is 7.51. The number of nitrogens with one attached hydrogen (secondary N) is 2. The lowest BCUT2D eigenvalue weighted by atomic mass is 10.1. The number of benzene rings is 1. The summed E-state index contributed by atoms with van der Waals surface area (Å²) in [6, 6.07) is 15.3. The van der Waals surface area contributed by atoms with Crippen LogP contribution in [0.5, 0.6) is 0 Å². The quantitative estimate of drug-likeness (QED) is 0.722. The van der Waals surface area contributed by atoms with Gasteiger partial charge in [0.1, 0.15) is 5.65 Å². The van der Waals surface area contributed by atoms with Crippen LogP contribution in [0.1, 0.15) is 24.5 Å². The zero-order valence-corrected chi connectivity index (χ0v) is 12.3. The summed E-state index contributed by atoms with van der Waals surface area (Å²) in [5.74, 6) is 0. The Labute approximate surface area is 125 Å². The Balaban J connectivity index is 1.53. The second kappa shape index (κ2) is 6.55. The van der Waals surface area contributed by atoms with E-state index in [1.165, 1.54) is 16.5 Å². The minimum absolute atomic E-state index is 0.492. The molecule has 0 spiro atoms. The molecule has 0 bridgehead atoms. The molecular formula is C18H21N3. The Morgan fingerprint density at radius 2 is 2.00 bits per heavy atom. The van der Waals surface area contributed by atoms with Crippen molar-refractivity contribution in [2.75, 3.05) is 0 Å². The first kappa shape index (κ1) is 13.8. The predicted octanol–water partition coefficient (Wildman–Crippen LogP) is 3.67. The van der Waals surface area contributed by atoms with E-state index in [9.17, 15) is 0 Å². The number of hydrogen-bond donors (Lipinski definition) is 2. The maximum atomic E-state index is 4.32. The van der Waals surface area contributed by atoms with E-state index in [4.69, 9.17) is 0 Å². The lowest BCUT2D eigenvalue weighted by molar-refractivity contribution is 0.515. The fourth-order valence-electron chi connectivity index (χ4n) is 2.57. The van der Waals surface area contributed by atoms with Crippen LogP contribution in [0.25, 0.3) is 11.0 Å². The van der Waals surface area contributed by atoms with E-state index in [1.807, 2.05) is 12.3 Å². The van der Waals surface area contributed by atoms with Crippen LogP contribution in [0.2, 0.25) is 0 Å². The van der Waals surface area contributed by atoms with Gasteiger partial charge in [0, 0.05) is 30.4 Å². The van der Waals surface area contributed by atoms with E-state index < -0.39 is 0 Å². The highest BCUT2D eigenvalue weighted by Gasteiger charge is 2.06. The van der Waals surface area contributed by atoms with Crippen molar-refractivity contribution in [2.24, 2.45) is 0 Å². The lowest BCUT2D eigenvalue weighted by Crippen LogP contribution is -2.25. The second-order valence-corrected chi connectivity index (χ2v) is 5.52. The van der Waals surface area contributed by atoms with Crippen LogP contribution in [-0.2, 0) is 13.0 Å². The topological polar surface area (TPSA) is 40.7 Å². The number of aryl methyl sites for hydroxylation is 1. The molecule has 1 atom stereocenters. The van der Waals surface area contributed by atoms with Crippen molar-refractivity contribution < 1.29 is 0 Å². The fourth-order valence-corrected chi connectivity index (χ4v) is 2.57. The molecule has 108 valence electrons. The molecule has 2 heterocycles. The zero-order chi connectivity index (χ0) is 14.5. The minimum Gasteiger partial charge on any atom is -0.346 e. The normalized spacial score (nSPS) is 12.6. The molecule has 0 saturated carbocycles. The van der Waals surface area contributed by atoms with Gasteiger partial charge in [-0.1, -0.05) is 30.3 Å². The van der Waals surface area contributed by atoms with E-state index in [2.05, 4.69) is 64.8 Å². The smallest absolute Gasteiger partial charge is 0.137 e. The summed E-state index contributed by atoms with van der Waals surface area (Å²) < 4.78 is 0. The monoisotopic (exact) mass is 279 g/mol. The third-order valence-electron chi connectivity index (χ3n) is 3.89. The minimum atomic E-state index is 0.492. The number of pyridine rings is 1. The number of fused-ring (bicyclic) bond motifs is 1. The van der Waals surface area contributed by atoms with Crippen molar-refractivity contribution in [1.29, 1.82) is 0 Å². The van der Waals surface area contributed by atoms with Crippen LogP contribution in [0.4, 0.5) is 0 Å². The summed E-state index contributed by atoms with van der Waals surface area (Å²) in [5.41, 5.74) is 3.65. The molecule has 1 aromatic carbocycles. The maximum absolute atomic E-state index is 4.32. The summed E-state index contributed by atoms with van der Waals surface area (Å²) in [6.45, 7) is 3.12. The molecule has 0 saturated heterocycles. The Kier molecular flexibility index (Phi) is 4.31. The first-order valence-electron chi connectivity index (χ1n) is 7.51. The van der Waals surface area contributed by atoms with Crippen molar-refractivity contribution >= 4 is 11.0 Å². The average molecular weight is 279 g/mol. The number of H-pyrrole nitrogens is 1. The van der Waals surface area contributed by atoms with Crippen LogP contribution in [-0.4, -0.2) is 16.0 Å². The fraction of sp³-hybridized carbons (Fsp3) is 0.278. The maximum Gasteiger partial charge on any atom is 0.137 e. The Bertz CT molecular complexity index is 688. The lowest BCUT2D eigenvalue weighted by Gasteiger charge is -2.13. The van der Waals surface area contributed by atoms with E-state index in [0.29, 0.717) is 6.04 Å². The molecule has 0 radical (unpaired) electrons. The molecule has 2 N–H and O–H groups in total. The van der Waals surface area contributed by atoms with Crippen LogP contribution in [0, 0.1) is 0 Å². The first-order chi connectivity index (χ1) is 10.3. The van der Waals surface area contributed by atoms with Gasteiger partial charge in [-0.2, -0.15) is 0 Å². The van der Waals surface area contributed by atoms with Crippen molar-refractivity contribution in [1.82, 2.24) is 15.3 Å². The number of aromatic amines is 1. The van der Waals surface area contributed by atoms with Crippen molar-refractivity contribution in [3.63, 3.8) is 0 Å². The van der Waals surface area contributed by atoms with Crippen molar-refractivity contribution in [3.05, 3.63) is 66.0 Å². The van der Waals surface area contributed by atoms with Gasteiger partial charge < -0.3 is 10.3 Å². The summed E-state index contributed by atoms with van der Waals surface area (Å²) in [5, 5.41) is 4.81. The van der Waals surface area contributed by atoms with E-state index >= 15 is 0 Å². The number of aromatic nitrogens is 2. The standard InChI is InChI=1S/C18H21N3/c1-14(9-10-15-6-3-2-4-7-15)20-12-16-13-21-18-17(16)8-5-11-19-18/h2-8,11,13-14,20H,9-10,12H2,1H3,(H,19,21). The molecule has 3 nitrogen and oxygen atoms in total. The van der Waals surface area contributed by atoms with Crippen molar-refractivity contribution in [3.8, 4) is 0 Å². The molecule has 0 fully saturated rings. The van der Waals surface area contributed by atoms with Gasteiger partial charge >= 0.3 is 0 Å². The molecular weight excluding hydrogens is 258 g/mol. The molecule has 3 aromatic rings. The predicted molar refractivity (Wildman–Crippen MR) is 87.2 cm³/mol. The Morgan fingerprint density at radius 3 is 2.86 bits per heavy atom. The Hall–Kier alpha value is -2.13. The third kappa shape index (κ3) is 3.50. The van der Waals surface area contributed by atoms with Gasteiger partial charge in [0.2, 0.25) is 0 Å². The SMILES string of the molecule is CC(CCc1ccccc1)NCc1c[nH]c2ncccc12. The summed E-state index contributed by atoms with van der Waals surface area (Å²) in [4.78, 5) is 7.54. The zero-order valence-electron chi connectivity index (χ0n) is 12.3. The molecule has 2 aromatic heterocycles. The number of nitrogens with zero attached hydrogens (tertiary/aromatic N) is 1. The van der Waals surface area contributed by atoms with Crippen LogP contribution in [0.15, 0.2) is 54.9 Å². The highest BCUT2D eigenvalue weighted by atomic mass is 14.9. The summed E-state index contributed by atoms with van der Waals surface area (Å²) >= 11 is 0. The van der Waals surface area contributed by atoms with Gasteiger partial charge in [0.25, 0.3) is 0 Å². The van der Waals surface area contributed by atoms with Gasteiger partial charge in [-0.25, -0.2) is 4.98 Å². The molecule has 0 aliphatic heterocycles. The van der Waals surface area contributed by atoms with Gasteiger partial charge in [-0.05, 0) is 43.0 Å². The second-order valence-electron chi connectivity index (χ2n) is 5.52. The van der Waals surface area contributed by atoms with Crippen LogP contribution < -0.4 is 5.32 Å². The molecule has 0 amide bonds. The Morgan fingerprint density at radius 1 is 1.14 bits per heavy atom. The molecule has 0 aliphatic carbocycles. The van der Waals surface area contributed by atoms with E-state index in [1.54, 1.807) is 0 Å². The van der Waals surface area contributed by atoms with E-state index in [0.717, 1.165) is 25.0 Å². The summed E-state index contributed by atoms with van der Waals surface area (Å²) in [6.07, 6.45) is 6.13. The van der Waals surface area contributed by atoms with Gasteiger partial charge in [-0.3, -0.25) is 0 Å². The molecule has 21 heavy (non-hydrogen) atoms. The third-order valence-corrected chi connectivity index (χ3v) is 3.89. The highest BCUT2D eigenvalue weighted by molar-refractivity contribution is 5.79. The molecule has 3 heteroatoms. The number of hydrogen-bond acceptors (Lipinski definition) is 2. The van der Waals surface area contributed by atoms with Gasteiger partial charge in [-0.15, -0.1) is 0 Å². The highest BCUT2D eigenvalue weighted by Crippen LogP contribution is 2.15. The van der Waals surface area contributed by atoms with Gasteiger partial charge in [0.05, 0.1) is 0 Å². The van der Waals surface area contributed by atoms with Crippen molar-refractivity contribution in [2.45, 2.75) is 32.4 Å². The molecule has 0 aliphatic rings. The molecule has 1 unspecified atom stereocenters.